The van der Waals surface area contributed by atoms with Crippen LogP contribution < -0.4 is 5.73 Å². The summed E-state index contributed by atoms with van der Waals surface area (Å²) in [5.41, 5.74) is 6.05. The fourth-order valence-electron chi connectivity index (χ4n) is 1.46. The lowest BCUT2D eigenvalue weighted by atomic mass is 10.2. The Morgan fingerprint density at radius 1 is 1.22 bits per heavy atom. The lowest BCUT2D eigenvalue weighted by Gasteiger charge is -2.06. The molecule has 2 aromatic carbocycles. The number of nitrogen functional groups attached to an aromatic ring is 1. The average molecular weight is 263 g/mol. The zero-order valence-corrected chi connectivity index (χ0v) is 10.1. The minimum atomic E-state index is -1.05. The van der Waals surface area contributed by atoms with Gasteiger partial charge in [0, 0.05) is 15.5 Å². The smallest absolute Gasteiger partial charge is 0.336 e. The monoisotopic (exact) mass is 263 g/mol. The molecule has 3 N–H and O–H groups in total. The maximum Gasteiger partial charge on any atom is 0.336 e. The van der Waals surface area contributed by atoms with Gasteiger partial charge in [-0.25, -0.2) is 9.18 Å². The SMILES string of the molecule is Nc1ccc(Sc2cccc(F)c2)c(C(=O)O)c1. The number of nitrogens with two attached hydrogens (primary N) is 1. The predicted octanol–water partition coefficient (Wildman–Crippen LogP) is 3.26. The van der Waals surface area contributed by atoms with E-state index in [4.69, 9.17) is 10.8 Å². The van der Waals surface area contributed by atoms with Gasteiger partial charge in [-0.1, -0.05) is 17.8 Å². The van der Waals surface area contributed by atoms with Crippen molar-refractivity contribution in [3.8, 4) is 0 Å². The van der Waals surface area contributed by atoms with E-state index in [1.807, 2.05) is 0 Å². The van der Waals surface area contributed by atoms with E-state index in [9.17, 15) is 9.18 Å². The van der Waals surface area contributed by atoms with Crippen molar-refractivity contribution in [2.24, 2.45) is 0 Å². The van der Waals surface area contributed by atoms with Crippen LogP contribution in [0, 0.1) is 5.82 Å². The van der Waals surface area contributed by atoms with Gasteiger partial charge in [0.1, 0.15) is 5.82 Å². The van der Waals surface area contributed by atoms with Crippen LogP contribution in [0.15, 0.2) is 52.3 Å². The summed E-state index contributed by atoms with van der Waals surface area (Å²) in [7, 11) is 0. The van der Waals surface area contributed by atoms with Gasteiger partial charge < -0.3 is 10.8 Å². The van der Waals surface area contributed by atoms with Crippen LogP contribution in [-0.2, 0) is 0 Å². The summed E-state index contributed by atoms with van der Waals surface area (Å²) in [4.78, 5) is 12.3. The van der Waals surface area contributed by atoms with Crippen molar-refractivity contribution in [2.75, 3.05) is 5.73 Å². The third-order valence-electron chi connectivity index (χ3n) is 2.26. The van der Waals surface area contributed by atoms with Gasteiger partial charge in [-0.15, -0.1) is 0 Å². The Hall–Kier alpha value is -2.01. The molecule has 0 aliphatic heterocycles. The van der Waals surface area contributed by atoms with Crippen molar-refractivity contribution in [2.45, 2.75) is 9.79 Å². The van der Waals surface area contributed by atoms with Crippen molar-refractivity contribution < 1.29 is 14.3 Å². The fourth-order valence-corrected chi connectivity index (χ4v) is 2.43. The Balaban J connectivity index is 2.37. The van der Waals surface area contributed by atoms with E-state index in [0.717, 1.165) is 0 Å². The van der Waals surface area contributed by atoms with Crippen LogP contribution in [0.4, 0.5) is 10.1 Å². The Bertz CT molecular complexity index is 601. The second-order valence-corrected chi connectivity index (χ2v) is 4.74. The molecule has 0 radical (unpaired) electrons. The van der Waals surface area contributed by atoms with Crippen LogP contribution in [-0.4, -0.2) is 11.1 Å². The normalized spacial score (nSPS) is 10.3. The summed E-state index contributed by atoms with van der Waals surface area (Å²) >= 11 is 1.19. The van der Waals surface area contributed by atoms with Crippen LogP contribution in [0.3, 0.4) is 0 Å². The van der Waals surface area contributed by atoms with Crippen molar-refractivity contribution >= 4 is 23.4 Å². The Kier molecular flexibility index (Phi) is 3.53. The van der Waals surface area contributed by atoms with Crippen molar-refractivity contribution in [1.82, 2.24) is 0 Å². The molecule has 2 rings (SSSR count). The van der Waals surface area contributed by atoms with Gasteiger partial charge in [0.15, 0.2) is 0 Å². The quantitative estimate of drug-likeness (QED) is 0.834. The fraction of sp³-hybridized carbons (Fsp3) is 0. The standard InChI is InChI=1S/C13H10FNO2S/c14-8-2-1-3-10(6-8)18-12-5-4-9(15)7-11(12)13(16)17/h1-7H,15H2,(H,16,17). The number of carbonyl (C=O) groups is 1. The third kappa shape index (κ3) is 2.81. The average Bonchev–Trinajstić information content (AvgIpc) is 2.31. The molecule has 0 unspecified atom stereocenters. The van der Waals surface area contributed by atoms with E-state index in [1.165, 1.54) is 30.0 Å². The summed E-state index contributed by atoms with van der Waals surface area (Å²) in [5.74, 6) is -1.41. The van der Waals surface area contributed by atoms with Crippen LogP contribution in [0.25, 0.3) is 0 Å². The van der Waals surface area contributed by atoms with E-state index in [1.54, 1.807) is 24.3 Å². The highest BCUT2D eigenvalue weighted by atomic mass is 32.2. The Labute approximate surface area is 107 Å². The van der Waals surface area contributed by atoms with Crippen LogP contribution in [0.1, 0.15) is 10.4 Å². The second-order valence-electron chi connectivity index (χ2n) is 3.62. The Morgan fingerprint density at radius 3 is 2.67 bits per heavy atom. The number of carboxylic acids is 1. The molecule has 0 aromatic heterocycles. The van der Waals surface area contributed by atoms with Crippen molar-refractivity contribution in [3.63, 3.8) is 0 Å². The lowest BCUT2D eigenvalue weighted by molar-refractivity contribution is 0.0693. The number of halogens is 1. The van der Waals surface area contributed by atoms with E-state index in [2.05, 4.69) is 0 Å². The number of benzene rings is 2. The highest BCUT2D eigenvalue weighted by Crippen LogP contribution is 2.31. The molecule has 0 spiro atoms. The van der Waals surface area contributed by atoms with E-state index < -0.39 is 5.97 Å². The summed E-state index contributed by atoms with van der Waals surface area (Å²) in [6.45, 7) is 0. The summed E-state index contributed by atoms with van der Waals surface area (Å²) in [6, 6.07) is 10.6. The maximum atomic E-state index is 13.0. The molecule has 0 atom stereocenters. The van der Waals surface area contributed by atoms with Gasteiger partial charge in [-0.05, 0) is 36.4 Å². The molecule has 0 fully saturated rings. The number of aromatic carboxylic acids is 1. The summed E-state index contributed by atoms with van der Waals surface area (Å²) in [5, 5.41) is 9.08. The first kappa shape index (κ1) is 12.4. The lowest BCUT2D eigenvalue weighted by Crippen LogP contribution is -2.00. The number of hydrogen-bond acceptors (Lipinski definition) is 3. The van der Waals surface area contributed by atoms with Crippen LogP contribution in [0.2, 0.25) is 0 Å². The number of hydrogen-bond donors (Lipinski definition) is 2. The highest BCUT2D eigenvalue weighted by Gasteiger charge is 2.11. The molecule has 0 amide bonds. The maximum absolute atomic E-state index is 13.0. The van der Waals surface area contributed by atoms with Gasteiger partial charge >= 0.3 is 5.97 Å². The molecule has 3 nitrogen and oxygen atoms in total. The second kappa shape index (κ2) is 5.10. The predicted molar refractivity (Wildman–Crippen MR) is 68.3 cm³/mol. The van der Waals surface area contributed by atoms with Crippen molar-refractivity contribution in [1.29, 1.82) is 0 Å². The van der Waals surface area contributed by atoms with E-state index in [-0.39, 0.29) is 11.4 Å². The highest BCUT2D eigenvalue weighted by molar-refractivity contribution is 7.99. The van der Waals surface area contributed by atoms with E-state index in [0.29, 0.717) is 15.5 Å². The molecular formula is C13H10FNO2S. The third-order valence-corrected chi connectivity index (χ3v) is 3.32. The number of carboxylic acid groups (broad SMARTS) is 1. The minimum Gasteiger partial charge on any atom is -0.478 e. The molecular weight excluding hydrogens is 253 g/mol. The molecule has 0 aliphatic rings. The summed E-state index contributed by atoms with van der Waals surface area (Å²) in [6.07, 6.45) is 0. The topological polar surface area (TPSA) is 63.3 Å². The van der Waals surface area contributed by atoms with Crippen molar-refractivity contribution in [3.05, 3.63) is 53.8 Å². The zero-order chi connectivity index (χ0) is 13.1. The molecule has 0 saturated heterocycles. The summed E-state index contributed by atoms with van der Waals surface area (Å²) < 4.78 is 13.0. The molecule has 2 aromatic rings. The first-order chi connectivity index (χ1) is 8.56. The molecule has 0 bridgehead atoms. The van der Waals surface area contributed by atoms with Gasteiger partial charge in [0.2, 0.25) is 0 Å². The molecule has 18 heavy (non-hydrogen) atoms. The molecule has 5 heteroatoms. The number of rotatable bonds is 3. The van der Waals surface area contributed by atoms with Gasteiger partial charge in [-0.2, -0.15) is 0 Å². The van der Waals surface area contributed by atoms with E-state index >= 15 is 0 Å². The number of anilines is 1. The molecule has 0 aliphatic carbocycles. The zero-order valence-electron chi connectivity index (χ0n) is 9.26. The van der Waals surface area contributed by atoms with Crippen LogP contribution >= 0.6 is 11.8 Å². The van der Waals surface area contributed by atoms with Gasteiger partial charge in [0.05, 0.1) is 5.56 Å². The van der Waals surface area contributed by atoms with Gasteiger partial charge in [0.25, 0.3) is 0 Å². The first-order valence-corrected chi connectivity index (χ1v) is 5.94. The largest absolute Gasteiger partial charge is 0.478 e. The molecule has 0 heterocycles. The Morgan fingerprint density at radius 2 is 2.00 bits per heavy atom. The molecule has 0 saturated carbocycles. The van der Waals surface area contributed by atoms with Crippen LogP contribution in [0.5, 0.6) is 0 Å². The first-order valence-electron chi connectivity index (χ1n) is 5.12. The minimum absolute atomic E-state index is 0.115. The molecule has 92 valence electrons. The van der Waals surface area contributed by atoms with Gasteiger partial charge in [-0.3, -0.25) is 0 Å².